The van der Waals surface area contributed by atoms with Crippen molar-refractivity contribution in [2.75, 3.05) is 39.9 Å². The maximum atomic E-state index is 5.97. The van der Waals surface area contributed by atoms with Gasteiger partial charge in [-0.3, -0.25) is 4.99 Å². The van der Waals surface area contributed by atoms with Crippen molar-refractivity contribution in [2.24, 2.45) is 4.99 Å². The lowest BCUT2D eigenvalue weighted by molar-refractivity contribution is 0.0263. The van der Waals surface area contributed by atoms with Crippen molar-refractivity contribution < 1.29 is 9.47 Å². The summed E-state index contributed by atoms with van der Waals surface area (Å²) in [4.78, 5) is 6.71. The summed E-state index contributed by atoms with van der Waals surface area (Å²) >= 11 is 0. The predicted molar refractivity (Wildman–Crippen MR) is 104 cm³/mol. The highest BCUT2D eigenvalue weighted by Gasteiger charge is 2.21. The van der Waals surface area contributed by atoms with Gasteiger partial charge in [0.1, 0.15) is 12.4 Å². The summed E-state index contributed by atoms with van der Waals surface area (Å²) in [5, 5.41) is 3.42. The molecule has 1 saturated heterocycles. The van der Waals surface area contributed by atoms with Crippen LogP contribution in [0.25, 0.3) is 0 Å². The SMILES string of the molecule is CCOC1CCN(C(=NC)NCCOc2ccccc2C(C)C)CC1. The van der Waals surface area contributed by atoms with E-state index in [-0.39, 0.29) is 0 Å². The number of aliphatic imine (C=N–C) groups is 1. The van der Waals surface area contributed by atoms with Gasteiger partial charge in [-0.15, -0.1) is 0 Å². The summed E-state index contributed by atoms with van der Waals surface area (Å²) in [7, 11) is 1.84. The molecule has 1 aliphatic rings. The number of benzene rings is 1. The molecule has 1 aliphatic heterocycles. The number of hydrogen-bond acceptors (Lipinski definition) is 3. The fourth-order valence-electron chi connectivity index (χ4n) is 3.22. The highest BCUT2D eigenvalue weighted by molar-refractivity contribution is 5.79. The quantitative estimate of drug-likeness (QED) is 0.467. The van der Waals surface area contributed by atoms with Crippen molar-refractivity contribution in [3.63, 3.8) is 0 Å². The molecule has 0 radical (unpaired) electrons. The van der Waals surface area contributed by atoms with Gasteiger partial charge < -0.3 is 19.7 Å². The Morgan fingerprint density at radius 3 is 2.64 bits per heavy atom. The molecule has 25 heavy (non-hydrogen) atoms. The molecule has 0 aliphatic carbocycles. The van der Waals surface area contributed by atoms with Crippen molar-refractivity contribution in [1.82, 2.24) is 10.2 Å². The molecule has 0 saturated carbocycles. The second-order valence-electron chi connectivity index (χ2n) is 6.66. The molecular weight excluding hydrogens is 314 g/mol. The lowest BCUT2D eigenvalue weighted by atomic mass is 10.0. The van der Waals surface area contributed by atoms with Crippen molar-refractivity contribution in [3.8, 4) is 5.75 Å². The monoisotopic (exact) mass is 347 g/mol. The molecular formula is C20H33N3O2. The first-order valence-electron chi connectivity index (χ1n) is 9.44. The molecule has 0 amide bonds. The molecule has 0 bridgehead atoms. The zero-order valence-electron chi connectivity index (χ0n) is 16.1. The van der Waals surface area contributed by atoms with Crippen LogP contribution in [0.4, 0.5) is 0 Å². The molecule has 2 rings (SSSR count). The van der Waals surface area contributed by atoms with Gasteiger partial charge in [0.2, 0.25) is 0 Å². The summed E-state index contributed by atoms with van der Waals surface area (Å²) in [6, 6.07) is 8.27. The van der Waals surface area contributed by atoms with E-state index in [4.69, 9.17) is 9.47 Å². The first kappa shape index (κ1) is 19.6. The summed E-state index contributed by atoms with van der Waals surface area (Å²) in [6.45, 7) is 10.6. The van der Waals surface area contributed by atoms with Gasteiger partial charge >= 0.3 is 0 Å². The van der Waals surface area contributed by atoms with E-state index < -0.39 is 0 Å². The Hall–Kier alpha value is -1.75. The van der Waals surface area contributed by atoms with E-state index in [2.05, 4.69) is 48.1 Å². The molecule has 1 fully saturated rings. The van der Waals surface area contributed by atoms with Gasteiger partial charge in [-0.25, -0.2) is 0 Å². The van der Waals surface area contributed by atoms with Gasteiger partial charge in [-0.05, 0) is 37.3 Å². The Morgan fingerprint density at radius 2 is 2.00 bits per heavy atom. The molecule has 1 aromatic carbocycles. The summed E-state index contributed by atoms with van der Waals surface area (Å²) < 4.78 is 11.7. The van der Waals surface area contributed by atoms with Crippen molar-refractivity contribution in [2.45, 2.75) is 45.6 Å². The predicted octanol–water partition coefficient (Wildman–Crippen LogP) is 3.27. The smallest absolute Gasteiger partial charge is 0.193 e. The van der Waals surface area contributed by atoms with E-state index in [9.17, 15) is 0 Å². The number of likely N-dealkylation sites (tertiary alicyclic amines) is 1. The van der Waals surface area contributed by atoms with E-state index >= 15 is 0 Å². The van der Waals surface area contributed by atoms with E-state index in [1.54, 1.807) is 0 Å². The second kappa shape index (κ2) is 10.3. The maximum absolute atomic E-state index is 5.97. The van der Waals surface area contributed by atoms with Crippen LogP contribution in [0.1, 0.15) is 45.1 Å². The van der Waals surface area contributed by atoms with Crippen molar-refractivity contribution >= 4 is 5.96 Å². The topological polar surface area (TPSA) is 46.1 Å². The van der Waals surface area contributed by atoms with Crippen LogP contribution in [0.15, 0.2) is 29.3 Å². The Bertz CT molecular complexity index is 537. The minimum Gasteiger partial charge on any atom is -0.491 e. The number of para-hydroxylation sites is 1. The number of hydrogen-bond donors (Lipinski definition) is 1. The Labute approximate surface area is 152 Å². The standard InChI is InChI=1S/C20H33N3O2/c1-5-24-17-10-13-23(14-11-17)20(21-4)22-12-15-25-19-9-7-6-8-18(19)16(2)3/h6-9,16-17H,5,10-15H2,1-4H3,(H,21,22). The third-order valence-corrected chi connectivity index (χ3v) is 4.54. The number of piperidine rings is 1. The van der Waals surface area contributed by atoms with Crippen LogP contribution in [0.5, 0.6) is 5.75 Å². The first-order valence-corrected chi connectivity index (χ1v) is 9.44. The lowest BCUT2D eigenvalue weighted by Crippen LogP contribution is -2.47. The van der Waals surface area contributed by atoms with Gasteiger partial charge in [-0.1, -0.05) is 32.0 Å². The van der Waals surface area contributed by atoms with E-state index in [1.165, 1.54) is 5.56 Å². The van der Waals surface area contributed by atoms with Gasteiger partial charge in [0.05, 0.1) is 12.6 Å². The Balaban J connectivity index is 1.75. The normalized spacial score (nSPS) is 16.4. The third kappa shape index (κ3) is 5.92. The maximum Gasteiger partial charge on any atom is 0.193 e. The zero-order chi connectivity index (χ0) is 18.1. The number of nitrogens with one attached hydrogen (secondary N) is 1. The molecule has 1 N–H and O–H groups in total. The molecule has 1 aromatic rings. The summed E-state index contributed by atoms with van der Waals surface area (Å²) in [6.07, 6.45) is 2.52. The van der Waals surface area contributed by atoms with Gasteiger partial charge in [0.15, 0.2) is 5.96 Å². The lowest BCUT2D eigenvalue weighted by Gasteiger charge is -2.34. The van der Waals surface area contributed by atoms with Gasteiger partial charge in [0.25, 0.3) is 0 Å². The van der Waals surface area contributed by atoms with E-state index in [0.29, 0.717) is 18.6 Å². The Morgan fingerprint density at radius 1 is 1.28 bits per heavy atom. The van der Waals surface area contributed by atoms with Gasteiger partial charge in [0, 0.05) is 26.7 Å². The largest absolute Gasteiger partial charge is 0.491 e. The van der Waals surface area contributed by atoms with Gasteiger partial charge in [-0.2, -0.15) is 0 Å². The van der Waals surface area contributed by atoms with Crippen LogP contribution in [-0.2, 0) is 4.74 Å². The third-order valence-electron chi connectivity index (χ3n) is 4.54. The van der Waals surface area contributed by atoms with Crippen molar-refractivity contribution in [1.29, 1.82) is 0 Å². The molecule has 5 heteroatoms. The van der Waals surface area contributed by atoms with Crippen LogP contribution in [0, 0.1) is 0 Å². The van der Waals surface area contributed by atoms with Crippen LogP contribution < -0.4 is 10.1 Å². The first-order chi connectivity index (χ1) is 12.2. The van der Waals surface area contributed by atoms with Crippen LogP contribution in [-0.4, -0.2) is 56.9 Å². The number of rotatable bonds is 7. The zero-order valence-corrected chi connectivity index (χ0v) is 16.1. The molecule has 0 atom stereocenters. The number of guanidine groups is 1. The number of ether oxygens (including phenoxy) is 2. The molecule has 1 heterocycles. The second-order valence-corrected chi connectivity index (χ2v) is 6.66. The molecule has 140 valence electrons. The van der Waals surface area contributed by atoms with Crippen molar-refractivity contribution in [3.05, 3.63) is 29.8 Å². The highest BCUT2D eigenvalue weighted by Crippen LogP contribution is 2.25. The summed E-state index contributed by atoms with van der Waals surface area (Å²) in [5.74, 6) is 2.39. The average molecular weight is 348 g/mol. The highest BCUT2D eigenvalue weighted by atomic mass is 16.5. The minimum atomic E-state index is 0.398. The summed E-state index contributed by atoms with van der Waals surface area (Å²) in [5.41, 5.74) is 1.25. The average Bonchev–Trinajstić information content (AvgIpc) is 2.63. The fraction of sp³-hybridized carbons (Fsp3) is 0.650. The fourth-order valence-corrected chi connectivity index (χ4v) is 3.22. The van der Waals surface area contributed by atoms with E-state index in [0.717, 1.165) is 50.8 Å². The Kier molecular flexibility index (Phi) is 8.06. The molecule has 0 unspecified atom stereocenters. The van der Waals surface area contributed by atoms with Crippen LogP contribution in [0.2, 0.25) is 0 Å². The van der Waals surface area contributed by atoms with Crippen LogP contribution in [0.3, 0.4) is 0 Å². The van der Waals surface area contributed by atoms with Crippen LogP contribution >= 0.6 is 0 Å². The molecule has 0 aromatic heterocycles. The molecule has 0 spiro atoms. The molecule has 5 nitrogen and oxygen atoms in total. The number of nitrogens with zero attached hydrogens (tertiary/aromatic N) is 2. The van der Waals surface area contributed by atoms with E-state index in [1.807, 2.05) is 19.2 Å². The minimum absolute atomic E-state index is 0.398.